The van der Waals surface area contributed by atoms with Crippen molar-refractivity contribution in [1.82, 2.24) is 0 Å². The van der Waals surface area contributed by atoms with Gasteiger partial charge in [0.15, 0.2) is 6.61 Å². The predicted octanol–water partition coefficient (Wildman–Crippen LogP) is 2.98. The van der Waals surface area contributed by atoms with Crippen LogP contribution in [-0.2, 0) is 19.1 Å². The predicted molar refractivity (Wildman–Crippen MR) is 106 cm³/mol. The van der Waals surface area contributed by atoms with Gasteiger partial charge in [-0.05, 0) is 48.9 Å². The molecular weight excluding hydrogens is 428 g/mol. The van der Waals surface area contributed by atoms with Crippen molar-refractivity contribution in [3.8, 4) is 0 Å². The summed E-state index contributed by atoms with van der Waals surface area (Å²) in [5.41, 5.74) is 1.91. The minimum Gasteiger partial charge on any atom is -0.452 e. The Kier molecular flexibility index (Phi) is 5.70. The standard InChI is InChI=1S/C20H15BrN2O5/c1-12-9-14(5-6-16(12)21)22-17(24)11-28-20(27)13-3-2-4-15(10-13)23-18(25)7-8-19(23)26/h2-10H,11H2,1H3,(H,22,24). The largest absolute Gasteiger partial charge is 0.452 e. The molecule has 0 bridgehead atoms. The number of ether oxygens (including phenoxy) is 1. The average Bonchev–Trinajstić information content (AvgIpc) is 3.01. The highest BCUT2D eigenvalue weighted by Gasteiger charge is 2.25. The van der Waals surface area contributed by atoms with Crippen LogP contribution in [0.4, 0.5) is 11.4 Å². The fourth-order valence-electron chi connectivity index (χ4n) is 2.56. The van der Waals surface area contributed by atoms with E-state index in [1.54, 1.807) is 18.2 Å². The molecule has 0 aromatic heterocycles. The highest BCUT2D eigenvalue weighted by molar-refractivity contribution is 9.10. The molecule has 0 saturated heterocycles. The highest BCUT2D eigenvalue weighted by atomic mass is 79.9. The molecule has 1 N–H and O–H groups in total. The molecule has 1 aliphatic heterocycles. The molecule has 8 heteroatoms. The molecule has 0 radical (unpaired) electrons. The molecule has 3 amide bonds. The molecule has 7 nitrogen and oxygen atoms in total. The third-order valence-electron chi connectivity index (χ3n) is 3.93. The van der Waals surface area contributed by atoms with Crippen LogP contribution < -0.4 is 10.2 Å². The number of halogens is 1. The molecule has 2 aromatic carbocycles. The van der Waals surface area contributed by atoms with Gasteiger partial charge in [0, 0.05) is 22.3 Å². The van der Waals surface area contributed by atoms with E-state index in [4.69, 9.17) is 4.74 Å². The Balaban J connectivity index is 1.61. The zero-order valence-corrected chi connectivity index (χ0v) is 16.4. The van der Waals surface area contributed by atoms with Crippen molar-refractivity contribution in [2.75, 3.05) is 16.8 Å². The fraction of sp³-hybridized carbons (Fsp3) is 0.100. The number of imide groups is 1. The van der Waals surface area contributed by atoms with Gasteiger partial charge in [-0.3, -0.25) is 14.4 Å². The first-order valence-corrected chi connectivity index (χ1v) is 9.04. The lowest BCUT2D eigenvalue weighted by atomic mass is 10.2. The fourth-order valence-corrected chi connectivity index (χ4v) is 2.81. The van der Waals surface area contributed by atoms with Crippen LogP contribution in [0.15, 0.2) is 59.1 Å². The monoisotopic (exact) mass is 442 g/mol. The number of rotatable bonds is 5. The van der Waals surface area contributed by atoms with Crippen molar-refractivity contribution in [2.45, 2.75) is 6.92 Å². The number of anilines is 2. The Labute approximate surface area is 169 Å². The molecule has 0 unspecified atom stereocenters. The first-order chi connectivity index (χ1) is 13.3. The van der Waals surface area contributed by atoms with Gasteiger partial charge in [0.2, 0.25) is 0 Å². The molecule has 0 fully saturated rings. The molecule has 3 rings (SSSR count). The van der Waals surface area contributed by atoms with E-state index in [9.17, 15) is 19.2 Å². The number of aryl methyl sites for hydroxylation is 1. The second kappa shape index (κ2) is 8.18. The third kappa shape index (κ3) is 4.34. The van der Waals surface area contributed by atoms with E-state index < -0.39 is 30.3 Å². The van der Waals surface area contributed by atoms with Crippen molar-refractivity contribution < 1.29 is 23.9 Å². The number of hydrogen-bond acceptors (Lipinski definition) is 5. The van der Waals surface area contributed by atoms with Crippen LogP contribution in [-0.4, -0.2) is 30.3 Å². The Hall–Kier alpha value is -3.26. The van der Waals surface area contributed by atoms with Gasteiger partial charge in [-0.2, -0.15) is 0 Å². The van der Waals surface area contributed by atoms with Crippen molar-refractivity contribution in [3.05, 3.63) is 70.2 Å². The van der Waals surface area contributed by atoms with Crippen LogP contribution in [0.2, 0.25) is 0 Å². The summed E-state index contributed by atoms with van der Waals surface area (Å²) in [5.74, 6) is -2.20. The molecule has 0 aliphatic carbocycles. The van der Waals surface area contributed by atoms with Crippen molar-refractivity contribution in [2.24, 2.45) is 0 Å². The normalized spacial score (nSPS) is 13.0. The topological polar surface area (TPSA) is 92.8 Å². The zero-order chi connectivity index (χ0) is 20.3. The Morgan fingerprint density at radius 3 is 2.46 bits per heavy atom. The number of amides is 3. The molecule has 2 aromatic rings. The maximum absolute atomic E-state index is 12.2. The van der Waals surface area contributed by atoms with E-state index in [0.717, 1.165) is 27.1 Å². The summed E-state index contributed by atoms with van der Waals surface area (Å²) in [6.07, 6.45) is 2.31. The second-order valence-corrected chi connectivity index (χ2v) is 6.84. The van der Waals surface area contributed by atoms with Crippen LogP contribution in [0.25, 0.3) is 0 Å². The summed E-state index contributed by atoms with van der Waals surface area (Å²) in [7, 11) is 0. The zero-order valence-electron chi connectivity index (χ0n) is 14.8. The summed E-state index contributed by atoms with van der Waals surface area (Å²) >= 11 is 3.38. The van der Waals surface area contributed by atoms with Gasteiger partial charge in [-0.25, -0.2) is 9.69 Å². The van der Waals surface area contributed by atoms with Gasteiger partial charge in [0.05, 0.1) is 11.3 Å². The lowest BCUT2D eigenvalue weighted by molar-refractivity contribution is -0.120. The summed E-state index contributed by atoms with van der Waals surface area (Å²) in [4.78, 5) is 48.7. The molecule has 142 valence electrons. The molecule has 1 aliphatic rings. The van der Waals surface area contributed by atoms with Crippen LogP contribution >= 0.6 is 15.9 Å². The molecule has 0 saturated carbocycles. The van der Waals surface area contributed by atoms with E-state index in [-0.39, 0.29) is 11.3 Å². The van der Waals surface area contributed by atoms with Gasteiger partial charge in [-0.1, -0.05) is 22.0 Å². The summed E-state index contributed by atoms with van der Waals surface area (Å²) in [6.45, 7) is 1.42. The van der Waals surface area contributed by atoms with Gasteiger partial charge in [0.25, 0.3) is 17.7 Å². The summed E-state index contributed by atoms with van der Waals surface area (Å²) < 4.78 is 5.94. The van der Waals surface area contributed by atoms with Crippen molar-refractivity contribution >= 4 is 51.0 Å². The van der Waals surface area contributed by atoms with E-state index in [2.05, 4.69) is 21.2 Å². The van der Waals surface area contributed by atoms with Crippen LogP contribution in [0.5, 0.6) is 0 Å². The number of carbonyl (C=O) groups is 4. The number of benzene rings is 2. The average molecular weight is 443 g/mol. The molecule has 0 spiro atoms. The van der Waals surface area contributed by atoms with Gasteiger partial charge < -0.3 is 10.1 Å². The maximum Gasteiger partial charge on any atom is 0.338 e. The minimum atomic E-state index is -0.740. The molecule has 0 atom stereocenters. The van der Waals surface area contributed by atoms with E-state index in [1.165, 1.54) is 24.3 Å². The SMILES string of the molecule is Cc1cc(NC(=O)COC(=O)c2cccc(N3C(=O)C=CC3=O)c2)ccc1Br. The quantitative estimate of drug-likeness (QED) is 0.567. The van der Waals surface area contributed by atoms with Crippen LogP contribution in [0.3, 0.4) is 0 Å². The number of nitrogens with one attached hydrogen (secondary N) is 1. The van der Waals surface area contributed by atoms with Gasteiger partial charge in [-0.15, -0.1) is 0 Å². The Morgan fingerprint density at radius 1 is 1.07 bits per heavy atom. The van der Waals surface area contributed by atoms with Crippen LogP contribution in [0, 0.1) is 6.92 Å². The molecule has 1 heterocycles. The number of nitrogens with zero attached hydrogens (tertiary/aromatic N) is 1. The maximum atomic E-state index is 12.2. The van der Waals surface area contributed by atoms with Crippen molar-refractivity contribution in [1.29, 1.82) is 0 Å². The number of hydrogen-bond donors (Lipinski definition) is 1. The van der Waals surface area contributed by atoms with Crippen LogP contribution in [0.1, 0.15) is 15.9 Å². The van der Waals surface area contributed by atoms with E-state index in [1.807, 2.05) is 6.92 Å². The molecule has 28 heavy (non-hydrogen) atoms. The van der Waals surface area contributed by atoms with Gasteiger partial charge in [0.1, 0.15) is 0 Å². The second-order valence-electron chi connectivity index (χ2n) is 5.98. The van der Waals surface area contributed by atoms with Gasteiger partial charge >= 0.3 is 5.97 Å². The first-order valence-electron chi connectivity index (χ1n) is 8.24. The third-order valence-corrected chi connectivity index (χ3v) is 4.82. The van der Waals surface area contributed by atoms with E-state index >= 15 is 0 Å². The Morgan fingerprint density at radius 2 is 1.79 bits per heavy atom. The lowest BCUT2D eigenvalue weighted by Gasteiger charge is -2.14. The number of esters is 1. The first kappa shape index (κ1) is 19.5. The minimum absolute atomic E-state index is 0.122. The highest BCUT2D eigenvalue weighted by Crippen LogP contribution is 2.21. The summed E-state index contributed by atoms with van der Waals surface area (Å²) in [5, 5.41) is 2.64. The number of carbonyl (C=O) groups excluding carboxylic acids is 4. The van der Waals surface area contributed by atoms with E-state index in [0.29, 0.717) is 5.69 Å². The summed E-state index contributed by atoms with van der Waals surface area (Å²) in [6, 6.07) is 11.2. The smallest absolute Gasteiger partial charge is 0.338 e. The molecular formula is C20H15BrN2O5. The van der Waals surface area contributed by atoms with Crippen molar-refractivity contribution in [3.63, 3.8) is 0 Å². The Bertz CT molecular complexity index is 997. The lowest BCUT2D eigenvalue weighted by Crippen LogP contribution is -2.29.